The van der Waals surface area contributed by atoms with Gasteiger partial charge in [-0.25, -0.2) is 9.59 Å². The van der Waals surface area contributed by atoms with Crippen LogP contribution < -0.4 is 0 Å². The molecule has 1 fully saturated rings. The second-order valence-corrected chi connectivity index (χ2v) is 6.58. The lowest BCUT2D eigenvalue weighted by Crippen LogP contribution is -2.25. The van der Waals surface area contributed by atoms with Gasteiger partial charge in [0.2, 0.25) is 0 Å². The largest absolute Gasteiger partial charge is 0.416 e. The molecule has 0 amide bonds. The van der Waals surface area contributed by atoms with Gasteiger partial charge in [-0.05, 0) is 48.5 Å². The van der Waals surface area contributed by atoms with Crippen LogP contribution >= 0.6 is 0 Å². The van der Waals surface area contributed by atoms with E-state index in [0.717, 1.165) is 48.5 Å². The first-order chi connectivity index (χ1) is 14.9. The smallest absolute Gasteiger partial charge is 0.313 e. The third kappa shape index (κ3) is 5.71. The van der Waals surface area contributed by atoms with Crippen molar-refractivity contribution in [2.45, 2.75) is 25.2 Å². The molecule has 2 aromatic rings. The van der Waals surface area contributed by atoms with Crippen molar-refractivity contribution in [2.75, 3.05) is 0 Å². The van der Waals surface area contributed by atoms with E-state index >= 15 is 0 Å². The SMILES string of the molecule is O=C(ON=C1CC(=NOC(=O)c2ccc(C(F)(F)F)cc2)C1)c1ccc(C(F)(F)F)cc1. The third-order valence-corrected chi connectivity index (χ3v) is 4.23. The Balaban J connectivity index is 1.48. The molecule has 0 saturated heterocycles. The summed E-state index contributed by atoms with van der Waals surface area (Å²) < 4.78 is 75.1. The highest BCUT2D eigenvalue weighted by atomic mass is 19.4. The van der Waals surface area contributed by atoms with Gasteiger partial charge >= 0.3 is 24.3 Å². The number of nitrogens with zero attached hydrogens (tertiary/aromatic N) is 2. The van der Waals surface area contributed by atoms with Crippen molar-refractivity contribution in [1.82, 2.24) is 0 Å². The van der Waals surface area contributed by atoms with Crippen LogP contribution in [0.2, 0.25) is 0 Å². The lowest BCUT2D eigenvalue weighted by Gasteiger charge is -2.16. The average Bonchev–Trinajstić information content (AvgIpc) is 2.70. The van der Waals surface area contributed by atoms with Crippen molar-refractivity contribution < 1.29 is 45.6 Å². The normalized spacial score (nSPS) is 13.8. The lowest BCUT2D eigenvalue weighted by molar-refractivity contribution is -0.138. The van der Waals surface area contributed by atoms with E-state index < -0.39 is 35.4 Å². The number of oxime groups is 2. The van der Waals surface area contributed by atoms with Crippen molar-refractivity contribution in [3.63, 3.8) is 0 Å². The third-order valence-electron chi connectivity index (χ3n) is 4.23. The zero-order chi connectivity index (χ0) is 23.5. The van der Waals surface area contributed by atoms with Gasteiger partial charge in [0.15, 0.2) is 0 Å². The minimum Gasteiger partial charge on any atom is -0.313 e. The predicted molar refractivity (Wildman–Crippen MR) is 97.8 cm³/mol. The summed E-state index contributed by atoms with van der Waals surface area (Å²) in [4.78, 5) is 32.9. The van der Waals surface area contributed by atoms with Gasteiger partial charge in [0.05, 0.1) is 33.7 Å². The molecule has 3 rings (SSSR count). The number of halogens is 6. The number of hydrogen-bond donors (Lipinski definition) is 0. The summed E-state index contributed by atoms with van der Waals surface area (Å²) in [5.74, 6) is -1.91. The van der Waals surface area contributed by atoms with Gasteiger partial charge in [0, 0.05) is 12.8 Å². The van der Waals surface area contributed by atoms with Crippen LogP contribution in [-0.2, 0) is 22.0 Å². The predicted octanol–water partition coefficient (Wildman–Crippen LogP) is 5.24. The molecule has 0 bridgehead atoms. The first-order valence-corrected chi connectivity index (χ1v) is 8.82. The second kappa shape index (κ2) is 8.81. The Kier molecular flexibility index (Phi) is 6.32. The van der Waals surface area contributed by atoms with Gasteiger partial charge in [-0.3, -0.25) is 0 Å². The van der Waals surface area contributed by atoms with E-state index in [-0.39, 0.29) is 24.0 Å². The highest BCUT2D eigenvalue weighted by Crippen LogP contribution is 2.30. The number of alkyl halides is 6. The first-order valence-electron chi connectivity index (χ1n) is 8.82. The van der Waals surface area contributed by atoms with Crippen molar-refractivity contribution in [1.29, 1.82) is 0 Å². The topological polar surface area (TPSA) is 77.3 Å². The maximum Gasteiger partial charge on any atom is 0.416 e. The van der Waals surface area contributed by atoms with Gasteiger partial charge in [-0.15, -0.1) is 0 Å². The summed E-state index contributed by atoms with van der Waals surface area (Å²) in [5, 5.41) is 7.12. The molecule has 6 nitrogen and oxygen atoms in total. The molecule has 32 heavy (non-hydrogen) atoms. The molecule has 0 radical (unpaired) electrons. The van der Waals surface area contributed by atoms with E-state index in [0.29, 0.717) is 11.4 Å². The molecular formula is C20H12F6N2O4. The Morgan fingerprint density at radius 2 is 0.938 bits per heavy atom. The molecule has 1 saturated carbocycles. The van der Waals surface area contributed by atoms with Gasteiger partial charge in [-0.1, -0.05) is 10.3 Å². The number of benzene rings is 2. The molecule has 0 heterocycles. The molecule has 0 atom stereocenters. The van der Waals surface area contributed by atoms with E-state index in [1.807, 2.05) is 0 Å². The molecular weight excluding hydrogens is 446 g/mol. The fourth-order valence-corrected chi connectivity index (χ4v) is 2.46. The molecule has 0 unspecified atom stereocenters. The fourth-order valence-electron chi connectivity index (χ4n) is 2.46. The molecule has 0 aliphatic heterocycles. The maximum absolute atomic E-state index is 12.5. The minimum atomic E-state index is -4.53. The van der Waals surface area contributed by atoms with Crippen LogP contribution in [0.5, 0.6) is 0 Å². The molecule has 1 aliphatic rings. The summed E-state index contributed by atoms with van der Waals surface area (Å²) in [6.45, 7) is 0. The van der Waals surface area contributed by atoms with Crippen molar-refractivity contribution in [3.8, 4) is 0 Å². The monoisotopic (exact) mass is 458 g/mol. The Hall–Kier alpha value is -3.70. The molecule has 12 heteroatoms. The van der Waals surface area contributed by atoms with Crippen LogP contribution in [0.1, 0.15) is 44.7 Å². The number of carbonyl (C=O) groups excluding carboxylic acids is 2. The van der Waals surface area contributed by atoms with Gasteiger partial charge in [-0.2, -0.15) is 26.3 Å². The Morgan fingerprint density at radius 1 is 0.625 bits per heavy atom. The summed E-state index contributed by atoms with van der Waals surface area (Å²) in [5.41, 5.74) is -1.33. The number of hydrogen-bond acceptors (Lipinski definition) is 6. The van der Waals surface area contributed by atoms with E-state index in [1.54, 1.807) is 0 Å². The van der Waals surface area contributed by atoms with Crippen LogP contribution in [0.4, 0.5) is 26.3 Å². The highest BCUT2D eigenvalue weighted by molar-refractivity contribution is 6.23. The molecule has 0 aromatic heterocycles. The zero-order valence-corrected chi connectivity index (χ0v) is 15.8. The minimum absolute atomic E-state index is 0.112. The Morgan fingerprint density at radius 3 is 1.22 bits per heavy atom. The highest BCUT2D eigenvalue weighted by Gasteiger charge is 2.31. The number of rotatable bonds is 4. The average molecular weight is 458 g/mol. The molecule has 2 aromatic carbocycles. The molecule has 0 spiro atoms. The standard InChI is InChI=1S/C20H12F6N2O4/c21-19(22,23)13-5-1-11(2-6-13)17(29)31-27-15-9-16(10-15)28-32-18(30)12-3-7-14(8-4-12)20(24,25)26/h1-8H,9-10H2. The molecule has 1 aliphatic carbocycles. The van der Waals surface area contributed by atoms with Crippen LogP contribution in [0.3, 0.4) is 0 Å². The van der Waals surface area contributed by atoms with E-state index in [9.17, 15) is 35.9 Å². The first kappa shape index (κ1) is 23.0. The molecule has 168 valence electrons. The van der Waals surface area contributed by atoms with E-state index in [2.05, 4.69) is 20.0 Å². The summed E-state index contributed by atoms with van der Waals surface area (Å²) >= 11 is 0. The lowest BCUT2D eigenvalue weighted by atomic mass is 9.95. The van der Waals surface area contributed by atoms with Crippen molar-refractivity contribution in [2.24, 2.45) is 10.3 Å². The van der Waals surface area contributed by atoms with Crippen LogP contribution in [0.25, 0.3) is 0 Å². The Labute approximate surface area is 176 Å². The van der Waals surface area contributed by atoms with Gasteiger partial charge < -0.3 is 9.68 Å². The maximum atomic E-state index is 12.5. The van der Waals surface area contributed by atoms with E-state index in [4.69, 9.17) is 0 Å². The summed E-state index contributed by atoms with van der Waals surface area (Å²) in [6, 6.07) is 6.79. The Bertz CT molecular complexity index is 976. The van der Waals surface area contributed by atoms with Gasteiger partial charge in [0.1, 0.15) is 0 Å². The zero-order valence-electron chi connectivity index (χ0n) is 15.8. The summed E-state index contributed by atoms with van der Waals surface area (Å²) in [7, 11) is 0. The summed E-state index contributed by atoms with van der Waals surface area (Å²) in [6.07, 6.45) is -8.83. The molecule has 0 N–H and O–H groups in total. The second-order valence-electron chi connectivity index (χ2n) is 6.58. The van der Waals surface area contributed by atoms with Crippen LogP contribution in [0.15, 0.2) is 58.8 Å². The van der Waals surface area contributed by atoms with Crippen molar-refractivity contribution in [3.05, 3.63) is 70.8 Å². The van der Waals surface area contributed by atoms with Crippen LogP contribution in [0, 0.1) is 0 Å². The number of carbonyl (C=O) groups is 2. The van der Waals surface area contributed by atoms with E-state index in [1.165, 1.54) is 0 Å². The van der Waals surface area contributed by atoms with Gasteiger partial charge in [0.25, 0.3) is 0 Å². The van der Waals surface area contributed by atoms with Crippen LogP contribution in [-0.4, -0.2) is 23.4 Å². The fraction of sp³-hybridized carbons (Fsp3) is 0.200. The van der Waals surface area contributed by atoms with Crippen molar-refractivity contribution >= 4 is 23.4 Å². The quantitative estimate of drug-likeness (QED) is 0.357.